The summed E-state index contributed by atoms with van der Waals surface area (Å²) in [7, 11) is 0. The maximum Gasteiger partial charge on any atom is 0.0409 e. The van der Waals surface area contributed by atoms with Crippen molar-refractivity contribution >= 4 is 11.6 Å². The molecular formula is C14H21ClN2. The van der Waals surface area contributed by atoms with Gasteiger partial charge in [0.2, 0.25) is 0 Å². The van der Waals surface area contributed by atoms with Gasteiger partial charge in [-0.25, -0.2) is 0 Å². The van der Waals surface area contributed by atoms with E-state index in [1.807, 2.05) is 18.2 Å². The Labute approximate surface area is 109 Å². The molecule has 0 bridgehead atoms. The van der Waals surface area contributed by atoms with Crippen LogP contribution in [0.4, 0.5) is 0 Å². The number of hydrogen-bond acceptors (Lipinski definition) is 2. The van der Waals surface area contributed by atoms with Crippen molar-refractivity contribution in [3.63, 3.8) is 0 Å². The molecule has 1 aromatic rings. The first-order chi connectivity index (χ1) is 8.25. The molecule has 1 fully saturated rings. The molecule has 1 heterocycles. The van der Waals surface area contributed by atoms with Crippen molar-refractivity contribution in [2.75, 3.05) is 13.1 Å². The van der Waals surface area contributed by atoms with Gasteiger partial charge in [-0.15, -0.1) is 0 Å². The van der Waals surface area contributed by atoms with Crippen molar-refractivity contribution in [1.29, 1.82) is 0 Å². The molecule has 0 aliphatic carbocycles. The average molecular weight is 253 g/mol. The van der Waals surface area contributed by atoms with Gasteiger partial charge < -0.3 is 10.6 Å². The Morgan fingerprint density at radius 2 is 2.24 bits per heavy atom. The second-order valence-electron chi connectivity index (χ2n) is 4.82. The Bertz CT molecular complexity index is 346. The summed E-state index contributed by atoms with van der Waals surface area (Å²) < 4.78 is 0. The zero-order chi connectivity index (χ0) is 12.1. The van der Waals surface area contributed by atoms with Gasteiger partial charge in [-0.3, -0.25) is 0 Å². The molecule has 1 aromatic carbocycles. The molecule has 3 heteroatoms. The Hall–Kier alpha value is -0.570. The van der Waals surface area contributed by atoms with Crippen molar-refractivity contribution < 1.29 is 0 Å². The molecule has 2 rings (SSSR count). The monoisotopic (exact) mass is 252 g/mol. The fraction of sp³-hybridized carbons (Fsp3) is 0.571. The quantitative estimate of drug-likeness (QED) is 0.864. The Morgan fingerprint density at radius 1 is 1.35 bits per heavy atom. The summed E-state index contributed by atoms with van der Waals surface area (Å²) >= 11 is 6.02. The highest BCUT2D eigenvalue weighted by molar-refractivity contribution is 6.30. The van der Waals surface area contributed by atoms with Crippen LogP contribution >= 0.6 is 11.6 Å². The molecule has 0 amide bonds. The first-order valence-electron chi connectivity index (χ1n) is 6.48. The minimum atomic E-state index is 0.372. The molecule has 2 atom stereocenters. The molecule has 0 spiro atoms. The highest BCUT2D eigenvalue weighted by Crippen LogP contribution is 2.19. The maximum atomic E-state index is 6.02. The van der Waals surface area contributed by atoms with Gasteiger partial charge in [-0.2, -0.15) is 0 Å². The molecule has 2 nitrogen and oxygen atoms in total. The summed E-state index contributed by atoms with van der Waals surface area (Å²) in [5, 5.41) is 7.96. The summed E-state index contributed by atoms with van der Waals surface area (Å²) in [6.07, 6.45) is 3.74. The average Bonchev–Trinajstić information content (AvgIpc) is 2.57. The third kappa shape index (κ3) is 3.98. The zero-order valence-electron chi connectivity index (χ0n) is 10.4. The summed E-state index contributed by atoms with van der Waals surface area (Å²) in [5.41, 5.74) is 1.27. The molecule has 1 unspecified atom stereocenters. The highest BCUT2D eigenvalue weighted by atomic mass is 35.5. The molecule has 17 heavy (non-hydrogen) atoms. The van der Waals surface area contributed by atoms with Crippen LogP contribution in [0.25, 0.3) is 0 Å². The van der Waals surface area contributed by atoms with Crippen LogP contribution in [0.5, 0.6) is 0 Å². The standard InChI is InChI=1S/C14H21ClN2/c1-11(12-4-2-5-13(15)10-12)17-14-6-3-8-16-9-7-14/h2,4-5,10-11,14,16-17H,3,6-9H2,1H3/t11-,14?/m0/s1. The van der Waals surface area contributed by atoms with Gasteiger partial charge in [0.1, 0.15) is 0 Å². The van der Waals surface area contributed by atoms with Crippen molar-refractivity contribution in [1.82, 2.24) is 10.6 Å². The predicted octanol–water partition coefficient (Wildman–Crippen LogP) is 3.13. The van der Waals surface area contributed by atoms with E-state index >= 15 is 0 Å². The number of rotatable bonds is 3. The Morgan fingerprint density at radius 3 is 3.06 bits per heavy atom. The minimum absolute atomic E-state index is 0.372. The molecule has 1 saturated heterocycles. The molecule has 0 radical (unpaired) electrons. The van der Waals surface area contributed by atoms with Gasteiger partial charge in [-0.05, 0) is 57.0 Å². The molecule has 1 aliphatic rings. The number of nitrogens with one attached hydrogen (secondary N) is 2. The number of benzene rings is 1. The van der Waals surface area contributed by atoms with Gasteiger partial charge >= 0.3 is 0 Å². The molecule has 1 aliphatic heterocycles. The van der Waals surface area contributed by atoms with Crippen molar-refractivity contribution in [3.8, 4) is 0 Å². The third-order valence-electron chi connectivity index (χ3n) is 3.41. The fourth-order valence-electron chi connectivity index (χ4n) is 2.41. The summed E-state index contributed by atoms with van der Waals surface area (Å²) in [4.78, 5) is 0. The second kappa shape index (κ2) is 6.39. The largest absolute Gasteiger partial charge is 0.317 e. The first-order valence-corrected chi connectivity index (χ1v) is 6.86. The van der Waals surface area contributed by atoms with E-state index < -0.39 is 0 Å². The van der Waals surface area contributed by atoms with Gasteiger partial charge in [0.15, 0.2) is 0 Å². The lowest BCUT2D eigenvalue weighted by Crippen LogP contribution is -2.32. The lowest BCUT2D eigenvalue weighted by Gasteiger charge is -2.22. The SMILES string of the molecule is C[C@H](NC1CCCNCC1)c1cccc(Cl)c1. The topological polar surface area (TPSA) is 24.1 Å². The van der Waals surface area contributed by atoms with Crippen molar-refractivity contribution in [3.05, 3.63) is 34.9 Å². The molecule has 94 valence electrons. The van der Waals surface area contributed by atoms with E-state index in [0.717, 1.165) is 18.1 Å². The molecular weight excluding hydrogens is 232 g/mol. The number of hydrogen-bond donors (Lipinski definition) is 2. The van der Waals surface area contributed by atoms with E-state index in [-0.39, 0.29) is 0 Å². The molecule has 0 saturated carbocycles. The zero-order valence-corrected chi connectivity index (χ0v) is 11.1. The van der Waals surface area contributed by atoms with Crippen LogP contribution in [0.2, 0.25) is 5.02 Å². The minimum Gasteiger partial charge on any atom is -0.317 e. The van der Waals surface area contributed by atoms with Crippen LogP contribution in [-0.4, -0.2) is 19.1 Å². The van der Waals surface area contributed by atoms with Crippen LogP contribution in [0.3, 0.4) is 0 Å². The van der Waals surface area contributed by atoms with E-state index in [4.69, 9.17) is 11.6 Å². The number of halogens is 1. The van der Waals surface area contributed by atoms with Crippen LogP contribution < -0.4 is 10.6 Å². The molecule has 0 aromatic heterocycles. The highest BCUT2D eigenvalue weighted by Gasteiger charge is 2.15. The summed E-state index contributed by atoms with van der Waals surface area (Å²) in [6, 6.07) is 9.13. The lowest BCUT2D eigenvalue weighted by atomic mass is 10.0. The second-order valence-corrected chi connectivity index (χ2v) is 5.26. The van der Waals surface area contributed by atoms with Gasteiger partial charge in [0, 0.05) is 17.1 Å². The Kier molecular flexibility index (Phi) is 4.84. The van der Waals surface area contributed by atoms with E-state index in [1.165, 1.54) is 24.8 Å². The molecule has 2 N–H and O–H groups in total. The van der Waals surface area contributed by atoms with E-state index in [0.29, 0.717) is 12.1 Å². The van der Waals surface area contributed by atoms with Gasteiger partial charge in [0.05, 0.1) is 0 Å². The van der Waals surface area contributed by atoms with Crippen LogP contribution in [0, 0.1) is 0 Å². The van der Waals surface area contributed by atoms with Crippen LogP contribution in [0.15, 0.2) is 24.3 Å². The first kappa shape index (κ1) is 12.9. The van der Waals surface area contributed by atoms with Gasteiger partial charge in [-0.1, -0.05) is 23.7 Å². The van der Waals surface area contributed by atoms with Crippen molar-refractivity contribution in [2.24, 2.45) is 0 Å². The van der Waals surface area contributed by atoms with Gasteiger partial charge in [0.25, 0.3) is 0 Å². The van der Waals surface area contributed by atoms with E-state index in [9.17, 15) is 0 Å². The normalized spacial score (nSPS) is 23.1. The van der Waals surface area contributed by atoms with Crippen LogP contribution in [-0.2, 0) is 0 Å². The summed E-state index contributed by atoms with van der Waals surface area (Å²) in [5.74, 6) is 0. The summed E-state index contributed by atoms with van der Waals surface area (Å²) in [6.45, 7) is 4.49. The van der Waals surface area contributed by atoms with Crippen LogP contribution in [0.1, 0.15) is 37.8 Å². The predicted molar refractivity (Wildman–Crippen MR) is 73.5 cm³/mol. The van der Waals surface area contributed by atoms with Crippen molar-refractivity contribution in [2.45, 2.75) is 38.3 Å². The smallest absolute Gasteiger partial charge is 0.0409 e. The fourth-order valence-corrected chi connectivity index (χ4v) is 2.61. The lowest BCUT2D eigenvalue weighted by molar-refractivity contribution is 0.421. The maximum absolute atomic E-state index is 6.02. The van der Waals surface area contributed by atoms with E-state index in [1.54, 1.807) is 0 Å². The Balaban J connectivity index is 1.93. The third-order valence-corrected chi connectivity index (χ3v) is 3.65. The van der Waals surface area contributed by atoms with E-state index in [2.05, 4.69) is 23.6 Å².